The monoisotopic (exact) mass is 388 g/mol. The standard InChI is InChI=1S/C18H26Cl2N2O3/c1-3-4-10-22-11-14(19)18(21,15(20)16(22)24-2)12-25-17(23)13-8-6-5-7-9-13/h5-9,14-16H,3-4,10-12,21H2,1-2H3. The van der Waals surface area contributed by atoms with Crippen LogP contribution in [0.4, 0.5) is 0 Å². The zero-order valence-electron chi connectivity index (χ0n) is 14.7. The summed E-state index contributed by atoms with van der Waals surface area (Å²) in [4.78, 5) is 14.3. The molecule has 0 radical (unpaired) electrons. The number of esters is 1. The first-order valence-corrected chi connectivity index (χ1v) is 9.37. The van der Waals surface area contributed by atoms with Gasteiger partial charge in [-0.1, -0.05) is 31.5 Å². The molecule has 5 nitrogen and oxygen atoms in total. The number of methoxy groups -OCH3 is 1. The largest absolute Gasteiger partial charge is 0.460 e. The minimum absolute atomic E-state index is 0.0649. The molecule has 2 N–H and O–H groups in total. The summed E-state index contributed by atoms with van der Waals surface area (Å²) in [5.74, 6) is -0.444. The lowest BCUT2D eigenvalue weighted by molar-refractivity contribution is -0.0799. The smallest absolute Gasteiger partial charge is 0.338 e. The van der Waals surface area contributed by atoms with E-state index in [0.29, 0.717) is 12.1 Å². The minimum atomic E-state index is -1.07. The highest BCUT2D eigenvalue weighted by Crippen LogP contribution is 2.34. The summed E-state index contributed by atoms with van der Waals surface area (Å²) in [5, 5.41) is -1.06. The third-order valence-corrected chi connectivity index (χ3v) is 5.77. The molecule has 0 aliphatic carbocycles. The Kier molecular flexibility index (Phi) is 7.52. The number of ether oxygens (including phenoxy) is 2. The first kappa shape index (κ1) is 20.5. The van der Waals surface area contributed by atoms with E-state index < -0.39 is 22.3 Å². The molecule has 0 aromatic heterocycles. The Morgan fingerprint density at radius 2 is 2.04 bits per heavy atom. The fourth-order valence-electron chi connectivity index (χ4n) is 2.97. The van der Waals surface area contributed by atoms with E-state index in [2.05, 4.69) is 11.8 Å². The van der Waals surface area contributed by atoms with Crippen LogP contribution in [0.3, 0.4) is 0 Å². The number of nitrogens with two attached hydrogens (primary N) is 1. The Labute approximate surface area is 159 Å². The van der Waals surface area contributed by atoms with E-state index in [1.807, 2.05) is 6.07 Å². The predicted molar refractivity (Wildman–Crippen MR) is 100 cm³/mol. The molecule has 1 heterocycles. The van der Waals surface area contributed by atoms with Gasteiger partial charge >= 0.3 is 5.97 Å². The van der Waals surface area contributed by atoms with E-state index in [0.717, 1.165) is 19.4 Å². The quantitative estimate of drug-likeness (QED) is 0.574. The number of carbonyl (C=O) groups excluding carboxylic acids is 1. The van der Waals surface area contributed by atoms with E-state index in [-0.39, 0.29) is 12.8 Å². The van der Waals surface area contributed by atoms with Gasteiger partial charge in [0.05, 0.1) is 21.9 Å². The number of hydrogen-bond donors (Lipinski definition) is 1. The van der Waals surface area contributed by atoms with Crippen molar-refractivity contribution in [3.05, 3.63) is 35.9 Å². The molecular formula is C18H26Cl2N2O3. The first-order chi connectivity index (χ1) is 11.9. The maximum absolute atomic E-state index is 12.2. The summed E-state index contributed by atoms with van der Waals surface area (Å²) in [6.07, 6.45) is 1.71. The molecule has 1 aliphatic rings. The van der Waals surface area contributed by atoms with Gasteiger partial charge in [-0.05, 0) is 18.6 Å². The Morgan fingerprint density at radius 3 is 2.64 bits per heavy atom. The molecule has 1 aromatic rings. The Hall–Kier alpha value is -0.850. The second kappa shape index (κ2) is 9.19. The van der Waals surface area contributed by atoms with Crippen molar-refractivity contribution < 1.29 is 14.3 Å². The normalized spacial score (nSPS) is 30.2. The lowest BCUT2D eigenvalue weighted by atomic mass is 9.86. The van der Waals surface area contributed by atoms with Crippen molar-refractivity contribution in [3.8, 4) is 0 Å². The maximum atomic E-state index is 12.2. The van der Waals surface area contributed by atoms with Crippen molar-refractivity contribution in [1.82, 2.24) is 4.90 Å². The molecule has 1 aromatic carbocycles. The molecule has 0 saturated carbocycles. The number of nitrogens with zero attached hydrogens (tertiary/aromatic N) is 1. The van der Waals surface area contributed by atoms with E-state index in [9.17, 15) is 4.79 Å². The number of carbonyl (C=O) groups is 1. The van der Waals surface area contributed by atoms with Gasteiger partial charge in [0.1, 0.15) is 12.8 Å². The van der Waals surface area contributed by atoms with Crippen molar-refractivity contribution in [2.45, 2.75) is 42.3 Å². The number of rotatable bonds is 7. The summed E-state index contributed by atoms with van der Waals surface area (Å²) in [6.45, 7) is 3.42. The summed E-state index contributed by atoms with van der Waals surface area (Å²) < 4.78 is 11.0. The average molecular weight is 389 g/mol. The third kappa shape index (κ3) is 4.66. The molecule has 7 heteroatoms. The molecule has 0 amide bonds. The molecule has 0 spiro atoms. The van der Waals surface area contributed by atoms with Gasteiger partial charge in [0.25, 0.3) is 0 Å². The van der Waals surface area contributed by atoms with E-state index >= 15 is 0 Å². The molecule has 1 aliphatic heterocycles. The highest BCUT2D eigenvalue weighted by Gasteiger charge is 2.52. The van der Waals surface area contributed by atoms with Crippen LogP contribution < -0.4 is 5.73 Å². The van der Waals surface area contributed by atoms with Crippen LogP contribution in [0.2, 0.25) is 0 Å². The Bertz CT molecular complexity index is 561. The van der Waals surface area contributed by atoms with E-state index in [1.165, 1.54) is 0 Å². The van der Waals surface area contributed by atoms with E-state index in [1.54, 1.807) is 31.4 Å². The summed E-state index contributed by atoms with van der Waals surface area (Å²) in [7, 11) is 1.60. The molecule has 140 valence electrons. The molecule has 4 atom stereocenters. The third-order valence-electron chi connectivity index (χ3n) is 4.60. The summed E-state index contributed by atoms with van der Waals surface area (Å²) in [6, 6.07) is 8.76. The zero-order chi connectivity index (χ0) is 18.4. The second-order valence-electron chi connectivity index (χ2n) is 6.40. The predicted octanol–water partition coefficient (Wildman–Crippen LogP) is 2.84. The van der Waals surface area contributed by atoms with Crippen LogP contribution in [0, 0.1) is 0 Å². The maximum Gasteiger partial charge on any atom is 0.338 e. The molecule has 1 saturated heterocycles. The highest BCUT2D eigenvalue weighted by molar-refractivity contribution is 6.26. The van der Waals surface area contributed by atoms with Gasteiger partial charge in [-0.25, -0.2) is 4.79 Å². The van der Waals surface area contributed by atoms with Crippen molar-refractivity contribution >= 4 is 29.2 Å². The molecule has 25 heavy (non-hydrogen) atoms. The van der Waals surface area contributed by atoms with Crippen LogP contribution in [0.1, 0.15) is 30.1 Å². The SMILES string of the molecule is CCCCN1CC(Cl)C(N)(COC(=O)c2ccccc2)C(Cl)C1OC. The fraction of sp³-hybridized carbons (Fsp3) is 0.611. The van der Waals surface area contributed by atoms with Crippen molar-refractivity contribution in [3.63, 3.8) is 0 Å². The molecule has 1 fully saturated rings. The van der Waals surface area contributed by atoms with Gasteiger partial charge in [-0.3, -0.25) is 4.90 Å². The average Bonchev–Trinajstić information content (AvgIpc) is 2.63. The van der Waals surface area contributed by atoms with Gasteiger partial charge in [-0.2, -0.15) is 0 Å². The number of benzene rings is 1. The van der Waals surface area contributed by atoms with Gasteiger partial charge in [0.15, 0.2) is 0 Å². The number of hydrogen-bond acceptors (Lipinski definition) is 5. The van der Waals surface area contributed by atoms with Gasteiger partial charge in [0, 0.05) is 20.2 Å². The molecule has 0 bridgehead atoms. The fourth-order valence-corrected chi connectivity index (χ4v) is 3.89. The van der Waals surface area contributed by atoms with Crippen molar-refractivity contribution in [2.75, 3.05) is 26.8 Å². The zero-order valence-corrected chi connectivity index (χ0v) is 16.2. The van der Waals surface area contributed by atoms with Crippen LogP contribution in [0.5, 0.6) is 0 Å². The van der Waals surface area contributed by atoms with Gasteiger partial charge in [0.2, 0.25) is 0 Å². The summed E-state index contributed by atoms with van der Waals surface area (Å²) in [5.41, 5.74) is 5.87. The number of piperidine rings is 1. The Balaban J connectivity index is 2.06. The number of likely N-dealkylation sites (tertiary alicyclic amines) is 1. The molecule has 4 unspecified atom stereocenters. The van der Waals surface area contributed by atoms with Crippen LogP contribution >= 0.6 is 23.2 Å². The molecular weight excluding hydrogens is 363 g/mol. The van der Waals surface area contributed by atoms with Crippen molar-refractivity contribution in [2.24, 2.45) is 5.73 Å². The lowest BCUT2D eigenvalue weighted by Crippen LogP contribution is -2.71. The first-order valence-electron chi connectivity index (χ1n) is 8.50. The van der Waals surface area contributed by atoms with E-state index in [4.69, 9.17) is 38.4 Å². The minimum Gasteiger partial charge on any atom is -0.460 e. The highest BCUT2D eigenvalue weighted by atomic mass is 35.5. The molecule has 2 rings (SSSR count). The van der Waals surface area contributed by atoms with Crippen LogP contribution in [-0.2, 0) is 9.47 Å². The van der Waals surface area contributed by atoms with Gasteiger partial charge in [-0.15, -0.1) is 23.2 Å². The lowest BCUT2D eigenvalue weighted by Gasteiger charge is -2.49. The number of unbranched alkanes of at least 4 members (excludes halogenated alkanes) is 1. The topological polar surface area (TPSA) is 64.8 Å². The summed E-state index contributed by atoms with van der Waals surface area (Å²) >= 11 is 13.2. The number of alkyl halides is 2. The second-order valence-corrected chi connectivity index (χ2v) is 7.40. The number of halogens is 2. The van der Waals surface area contributed by atoms with Crippen LogP contribution in [0.15, 0.2) is 30.3 Å². The van der Waals surface area contributed by atoms with Crippen LogP contribution in [-0.4, -0.2) is 60.2 Å². The van der Waals surface area contributed by atoms with Gasteiger partial charge < -0.3 is 15.2 Å². The van der Waals surface area contributed by atoms with Crippen LogP contribution in [0.25, 0.3) is 0 Å². The Morgan fingerprint density at radius 1 is 1.36 bits per heavy atom. The van der Waals surface area contributed by atoms with Crippen molar-refractivity contribution in [1.29, 1.82) is 0 Å².